The number of aliphatic carboxylic acids is 1. The molecule has 3 aliphatic rings. The predicted octanol–water partition coefficient (Wildman–Crippen LogP) is 1.50. The molecule has 10 heteroatoms. The molecule has 0 bridgehead atoms. The van der Waals surface area contributed by atoms with Crippen molar-refractivity contribution in [3.05, 3.63) is 29.3 Å². The number of carboxylic acids is 1. The van der Waals surface area contributed by atoms with Gasteiger partial charge in [-0.1, -0.05) is 6.07 Å². The lowest BCUT2D eigenvalue weighted by atomic mass is 9.93. The Balaban J connectivity index is 1.72. The number of rotatable bonds is 4. The van der Waals surface area contributed by atoms with Gasteiger partial charge in [-0.2, -0.15) is 13.2 Å². The first kappa shape index (κ1) is 20.6. The molecule has 0 aromatic heterocycles. The summed E-state index contributed by atoms with van der Waals surface area (Å²) in [6, 6.07) is 1.63. The van der Waals surface area contributed by atoms with Gasteiger partial charge in [-0.05, 0) is 49.4 Å². The Morgan fingerprint density at radius 1 is 1.20 bits per heavy atom. The van der Waals surface area contributed by atoms with Crippen molar-refractivity contribution in [2.45, 2.75) is 37.5 Å². The fraction of sp³-hybridized carbons (Fsp3) is 0.550. The lowest BCUT2D eigenvalue weighted by Crippen LogP contribution is -2.58. The molecule has 2 N–H and O–H groups in total. The zero-order chi connectivity index (χ0) is 21.8. The number of carbonyl (C=O) groups is 3. The van der Waals surface area contributed by atoms with E-state index in [1.54, 1.807) is 7.05 Å². The number of carboxylic acid groups (broad SMARTS) is 1. The summed E-state index contributed by atoms with van der Waals surface area (Å²) in [5, 5.41) is 12.2. The average molecular weight is 425 g/mol. The topological polar surface area (TPSA) is 89.9 Å². The molecule has 1 saturated heterocycles. The third-order valence-electron chi connectivity index (χ3n) is 6.31. The monoisotopic (exact) mass is 425 g/mol. The third-order valence-corrected chi connectivity index (χ3v) is 6.31. The summed E-state index contributed by atoms with van der Waals surface area (Å²) in [5.41, 5.74) is -0.603. The second-order valence-corrected chi connectivity index (χ2v) is 8.20. The van der Waals surface area contributed by atoms with E-state index in [0.29, 0.717) is 30.4 Å². The van der Waals surface area contributed by atoms with Gasteiger partial charge < -0.3 is 15.3 Å². The van der Waals surface area contributed by atoms with Crippen LogP contribution in [0.4, 0.5) is 18.9 Å². The molecule has 2 heterocycles. The number of hydrogen-bond donors (Lipinski definition) is 2. The van der Waals surface area contributed by atoms with Crippen LogP contribution in [-0.2, 0) is 27.0 Å². The van der Waals surface area contributed by atoms with Crippen molar-refractivity contribution in [2.75, 3.05) is 25.0 Å². The van der Waals surface area contributed by atoms with E-state index < -0.39 is 42.2 Å². The molecule has 30 heavy (non-hydrogen) atoms. The van der Waals surface area contributed by atoms with Crippen molar-refractivity contribution in [2.24, 2.45) is 11.8 Å². The number of halogens is 3. The lowest BCUT2D eigenvalue weighted by molar-refractivity contribution is -0.142. The van der Waals surface area contributed by atoms with Gasteiger partial charge in [0.25, 0.3) is 5.91 Å². The molecule has 4 atom stereocenters. The summed E-state index contributed by atoms with van der Waals surface area (Å²) < 4.78 is 39.5. The number of nitrogens with one attached hydrogen (secondary N) is 1. The molecule has 4 rings (SSSR count). The van der Waals surface area contributed by atoms with Crippen LogP contribution in [0.1, 0.15) is 24.0 Å². The van der Waals surface area contributed by atoms with Gasteiger partial charge >= 0.3 is 12.1 Å². The number of likely N-dealkylation sites (tertiary alicyclic amines) is 1. The van der Waals surface area contributed by atoms with Crippen LogP contribution in [0.25, 0.3) is 0 Å². The van der Waals surface area contributed by atoms with Gasteiger partial charge in [0, 0.05) is 18.7 Å². The Morgan fingerprint density at radius 3 is 2.57 bits per heavy atom. The van der Waals surface area contributed by atoms with Crippen LogP contribution in [0.15, 0.2) is 18.2 Å². The summed E-state index contributed by atoms with van der Waals surface area (Å²) >= 11 is 0. The van der Waals surface area contributed by atoms with Crippen LogP contribution in [0.2, 0.25) is 0 Å². The number of nitrogens with zero attached hydrogens (tertiary/aromatic N) is 2. The highest BCUT2D eigenvalue weighted by atomic mass is 19.4. The Bertz CT molecular complexity index is 904. The fourth-order valence-corrected chi connectivity index (χ4v) is 4.59. The largest absolute Gasteiger partial charge is 0.480 e. The molecule has 2 amide bonds. The summed E-state index contributed by atoms with van der Waals surface area (Å²) in [6.45, 7) is -0.373. The summed E-state index contributed by atoms with van der Waals surface area (Å²) in [6.07, 6.45) is -2.91. The van der Waals surface area contributed by atoms with Crippen molar-refractivity contribution in [1.82, 2.24) is 10.2 Å². The molecule has 7 nitrogen and oxygen atoms in total. The van der Waals surface area contributed by atoms with Gasteiger partial charge in [-0.3, -0.25) is 19.3 Å². The van der Waals surface area contributed by atoms with Crippen molar-refractivity contribution in [1.29, 1.82) is 0 Å². The van der Waals surface area contributed by atoms with E-state index in [1.807, 2.05) is 0 Å². The quantitative estimate of drug-likeness (QED) is 0.763. The molecule has 162 valence electrons. The van der Waals surface area contributed by atoms with E-state index in [-0.39, 0.29) is 18.0 Å². The number of fused-ring (bicyclic) bond motifs is 2. The molecule has 1 aromatic rings. The summed E-state index contributed by atoms with van der Waals surface area (Å²) in [5.74, 6) is -1.53. The van der Waals surface area contributed by atoms with E-state index >= 15 is 0 Å². The van der Waals surface area contributed by atoms with Crippen molar-refractivity contribution < 1.29 is 32.7 Å². The minimum atomic E-state index is -4.62. The van der Waals surface area contributed by atoms with Gasteiger partial charge in [0.2, 0.25) is 5.91 Å². The Labute approximate surface area is 170 Å². The molecule has 1 aromatic carbocycles. The predicted molar refractivity (Wildman–Crippen MR) is 99.7 cm³/mol. The van der Waals surface area contributed by atoms with E-state index in [9.17, 15) is 32.7 Å². The lowest BCUT2D eigenvalue weighted by Gasteiger charge is -2.40. The smallest absolute Gasteiger partial charge is 0.416 e. The second-order valence-electron chi connectivity index (χ2n) is 8.20. The maximum atomic E-state index is 13.2. The minimum Gasteiger partial charge on any atom is -0.480 e. The molecule has 2 unspecified atom stereocenters. The molecule has 1 saturated carbocycles. The Kier molecular flexibility index (Phi) is 5.00. The highest BCUT2D eigenvalue weighted by Crippen LogP contribution is 2.46. The van der Waals surface area contributed by atoms with Gasteiger partial charge in [0.1, 0.15) is 12.6 Å². The number of anilines is 1. The highest BCUT2D eigenvalue weighted by molar-refractivity contribution is 6.05. The van der Waals surface area contributed by atoms with E-state index in [0.717, 1.165) is 23.5 Å². The molecular formula is C20H22F3N3O4. The van der Waals surface area contributed by atoms with Gasteiger partial charge in [-0.15, -0.1) is 0 Å². The average Bonchev–Trinajstić information content (AvgIpc) is 3.43. The van der Waals surface area contributed by atoms with Crippen molar-refractivity contribution in [3.8, 4) is 0 Å². The van der Waals surface area contributed by atoms with Crippen LogP contribution >= 0.6 is 0 Å². The van der Waals surface area contributed by atoms with E-state index in [1.165, 1.54) is 11.0 Å². The zero-order valence-corrected chi connectivity index (χ0v) is 16.3. The van der Waals surface area contributed by atoms with Gasteiger partial charge in [0.15, 0.2) is 0 Å². The maximum Gasteiger partial charge on any atom is 0.416 e. The minimum absolute atomic E-state index is 0.0575. The molecule has 2 fully saturated rings. The number of benzene rings is 1. The van der Waals surface area contributed by atoms with E-state index in [4.69, 9.17) is 0 Å². The zero-order valence-electron chi connectivity index (χ0n) is 16.3. The van der Waals surface area contributed by atoms with Crippen molar-refractivity contribution in [3.63, 3.8) is 0 Å². The Hall–Kier alpha value is -2.62. The Morgan fingerprint density at radius 2 is 1.93 bits per heavy atom. The van der Waals surface area contributed by atoms with Crippen LogP contribution in [0, 0.1) is 11.8 Å². The number of hydrogen-bond acceptors (Lipinski definition) is 4. The fourth-order valence-electron chi connectivity index (χ4n) is 4.59. The second kappa shape index (κ2) is 7.26. The molecule has 0 spiro atoms. The molecule has 0 radical (unpaired) electrons. The normalized spacial score (nSPS) is 28.7. The first-order chi connectivity index (χ1) is 14.1. The third kappa shape index (κ3) is 3.64. The van der Waals surface area contributed by atoms with Crippen LogP contribution < -0.4 is 10.2 Å². The van der Waals surface area contributed by atoms with Crippen LogP contribution in [-0.4, -0.2) is 60.0 Å². The summed E-state index contributed by atoms with van der Waals surface area (Å²) in [7, 11) is 1.68. The first-order valence-corrected chi connectivity index (χ1v) is 9.81. The molecular weight excluding hydrogens is 403 g/mol. The van der Waals surface area contributed by atoms with Crippen LogP contribution in [0.3, 0.4) is 0 Å². The summed E-state index contributed by atoms with van der Waals surface area (Å²) in [4.78, 5) is 40.0. The SMILES string of the molecule is CN[C@H]1CC2CC2CN([C@H]2Cc3ccc(C(F)(F)F)cc3N(CC(=O)O)C2=O)C1=O. The standard InChI is InChI=1S/C20H22F3N3O4/c1-24-14-5-11-4-12(11)8-25(18(14)29)16-6-10-2-3-13(20(21,22)23)7-15(10)26(19(16)30)9-17(27)28/h2-3,7,11-12,14,16,24H,4-6,8-9H2,1H3,(H,27,28)/t11?,12?,14-,16-/m0/s1. The highest BCUT2D eigenvalue weighted by Gasteiger charge is 2.49. The van der Waals surface area contributed by atoms with Crippen LogP contribution in [0.5, 0.6) is 0 Å². The van der Waals surface area contributed by atoms with Gasteiger partial charge in [-0.25, -0.2) is 0 Å². The number of likely N-dealkylation sites (N-methyl/N-ethyl adjacent to an activating group) is 1. The first-order valence-electron chi connectivity index (χ1n) is 9.81. The van der Waals surface area contributed by atoms with E-state index in [2.05, 4.69) is 5.32 Å². The molecule has 2 aliphatic heterocycles. The maximum absolute atomic E-state index is 13.2. The number of carbonyl (C=O) groups excluding carboxylic acids is 2. The number of amides is 2. The molecule has 1 aliphatic carbocycles. The van der Waals surface area contributed by atoms with Crippen molar-refractivity contribution >= 4 is 23.5 Å². The number of alkyl halides is 3. The van der Waals surface area contributed by atoms with Gasteiger partial charge in [0.05, 0.1) is 11.6 Å².